The van der Waals surface area contributed by atoms with Crippen LogP contribution in [0, 0.1) is 10.1 Å². The maximum absolute atomic E-state index is 12.6. The lowest BCUT2D eigenvalue weighted by Gasteiger charge is -2.03. The number of benzene rings is 2. The summed E-state index contributed by atoms with van der Waals surface area (Å²) in [5, 5.41) is 22.4. The number of nitrogens with one attached hydrogen (secondary N) is 2. The number of carbonyl (C=O) groups excluding carboxylic acids is 2. The minimum atomic E-state index is -0.457. The Morgan fingerprint density at radius 1 is 1.23 bits per heavy atom. The van der Waals surface area contributed by atoms with Crippen LogP contribution in [0.5, 0.6) is 0 Å². The summed E-state index contributed by atoms with van der Waals surface area (Å²) in [6.45, 7) is 0. The van der Waals surface area contributed by atoms with Crippen LogP contribution in [-0.2, 0) is 11.2 Å². The van der Waals surface area contributed by atoms with Crippen molar-refractivity contribution in [1.82, 2.24) is 14.6 Å². The van der Waals surface area contributed by atoms with Gasteiger partial charge in [0.2, 0.25) is 10.9 Å². The standard InChI is InChI=1S/C19H12N6O4S/c26-16-8-12-7-11(3-6-14(12)20-16)17(27)21-18-22-19-24(23-18)15(9-30-19)10-1-4-13(5-2-10)25(28)29/h1-7,9H,8H2,(H,20,26)(H,21,23,27). The van der Waals surface area contributed by atoms with Gasteiger partial charge in [0.25, 0.3) is 17.5 Å². The van der Waals surface area contributed by atoms with Gasteiger partial charge in [-0.25, -0.2) is 4.52 Å². The Labute approximate surface area is 172 Å². The van der Waals surface area contributed by atoms with Crippen molar-refractivity contribution in [2.24, 2.45) is 0 Å². The number of fused-ring (bicyclic) bond motifs is 2. The summed E-state index contributed by atoms with van der Waals surface area (Å²) < 4.78 is 1.58. The Kier molecular flexibility index (Phi) is 4.03. The van der Waals surface area contributed by atoms with Gasteiger partial charge in [0.05, 0.1) is 17.0 Å². The smallest absolute Gasteiger partial charge is 0.269 e. The van der Waals surface area contributed by atoms with Gasteiger partial charge in [-0.3, -0.25) is 25.0 Å². The number of thiazole rings is 1. The van der Waals surface area contributed by atoms with E-state index in [4.69, 9.17) is 0 Å². The van der Waals surface area contributed by atoms with Gasteiger partial charge in [0.1, 0.15) is 0 Å². The number of hydrogen-bond donors (Lipinski definition) is 2. The Morgan fingerprint density at radius 2 is 2.03 bits per heavy atom. The third-order valence-electron chi connectivity index (χ3n) is 4.67. The molecule has 0 saturated heterocycles. The Hall–Kier alpha value is -4.12. The quantitative estimate of drug-likeness (QED) is 0.385. The molecule has 148 valence electrons. The highest BCUT2D eigenvalue weighted by atomic mass is 32.1. The molecule has 3 heterocycles. The maximum Gasteiger partial charge on any atom is 0.269 e. The molecule has 5 rings (SSSR count). The number of carbonyl (C=O) groups is 2. The molecule has 2 aromatic heterocycles. The summed E-state index contributed by atoms with van der Waals surface area (Å²) in [7, 11) is 0. The van der Waals surface area contributed by atoms with Crippen molar-refractivity contribution in [2.45, 2.75) is 6.42 Å². The number of aromatic nitrogens is 3. The van der Waals surface area contributed by atoms with E-state index in [-0.39, 0.29) is 29.9 Å². The van der Waals surface area contributed by atoms with E-state index in [1.807, 2.05) is 5.38 Å². The lowest BCUT2D eigenvalue weighted by atomic mass is 10.1. The van der Waals surface area contributed by atoms with Gasteiger partial charge in [-0.2, -0.15) is 4.98 Å². The third-order valence-corrected chi connectivity index (χ3v) is 5.49. The third kappa shape index (κ3) is 3.06. The molecule has 4 aromatic rings. The summed E-state index contributed by atoms with van der Waals surface area (Å²) in [6.07, 6.45) is 0.244. The molecule has 0 spiro atoms. The largest absolute Gasteiger partial charge is 0.326 e. The van der Waals surface area contributed by atoms with Crippen LogP contribution in [0.25, 0.3) is 16.2 Å². The molecule has 2 N–H and O–H groups in total. The molecule has 0 saturated carbocycles. The van der Waals surface area contributed by atoms with Crippen molar-refractivity contribution in [3.8, 4) is 11.3 Å². The van der Waals surface area contributed by atoms with E-state index < -0.39 is 4.92 Å². The van der Waals surface area contributed by atoms with Gasteiger partial charge in [-0.1, -0.05) is 0 Å². The van der Waals surface area contributed by atoms with Gasteiger partial charge in [-0.05, 0) is 35.9 Å². The Morgan fingerprint density at radius 3 is 2.80 bits per heavy atom. The average molecular weight is 420 g/mol. The highest BCUT2D eigenvalue weighted by molar-refractivity contribution is 7.15. The summed E-state index contributed by atoms with van der Waals surface area (Å²) in [5.74, 6) is -0.339. The van der Waals surface area contributed by atoms with Gasteiger partial charge in [0, 0.05) is 34.3 Å². The second-order valence-corrected chi connectivity index (χ2v) is 7.44. The number of rotatable bonds is 4. The monoisotopic (exact) mass is 420 g/mol. The topological polar surface area (TPSA) is 132 Å². The molecule has 2 aromatic carbocycles. The maximum atomic E-state index is 12.6. The zero-order valence-corrected chi connectivity index (χ0v) is 16.0. The molecule has 0 aliphatic carbocycles. The number of anilines is 2. The zero-order chi connectivity index (χ0) is 20.8. The van der Waals surface area contributed by atoms with E-state index >= 15 is 0 Å². The molecule has 0 radical (unpaired) electrons. The van der Waals surface area contributed by atoms with Crippen molar-refractivity contribution in [2.75, 3.05) is 10.6 Å². The van der Waals surface area contributed by atoms with E-state index in [2.05, 4.69) is 20.7 Å². The summed E-state index contributed by atoms with van der Waals surface area (Å²) in [4.78, 5) is 39.3. The molecule has 10 nitrogen and oxygen atoms in total. The molecule has 11 heteroatoms. The first-order valence-electron chi connectivity index (χ1n) is 8.81. The molecule has 0 bridgehead atoms. The van der Waals surface area contributed by atoms with Crippen LogP contribution in [0.2, 0.25) is 0 Å². The van der Waals surface area contributed by atoms with Gasteiger partial charge >= 0.3 is 0 Å². The highest BCUT2D eigenvalue weighted by Crippen LogP contribution is 2.28. The second-order valence-electron chi connectivity index (χ2n) is 6.61. The number of nitrogens with zero attached hydrogens (tertiary/aromatic N) is 4. The second kappa shape index (κ2) is 6.74. The average Bonchev–Trinajstić information content (AvgIpc) is 3.40. The molecule has 1 aliphatic heterocycles. The predicted molar refractivity (Wildman–Crippen MR) is 110 cm³/mol. The minimum absolute atomic E-state index is 0.00279. The normalized spacial score (nSPS) is 12.6. The minimum Gasteiger partial charge on any atom is -0.326 e. The number of non-ortho nitro benzene ring substituents is 1. The zero-order valence-electron chi connectivity index (χ0n) is 15.2. The van der Waals surface area contributed by atoms with Gasteiger partial charge in [-0.15, -0.1) is 16.4 Å². The Balaban J connectivity index is 1.40. The number of amides is 2. The SMILES string of the molecule is O=C1Cc2cc(C(=O)Nc3nc4scc(-c5ccc([N+](=O)[O-])cc5)n4n3)ccc2N1. The molecule has 2 amide bonds. The van der Waals surface area contributed by atoms with Crippen molar-refractivity contribution in [3.63, 3.8) is 0 Å². The first-order valence-corrected chi connectivity index (χ1v) is 9.69. The summed E-state index contributed by atoms with van der Waals surface area (Å²) in [6, 6.07) is 11.1. The fourth-order valence-corrected chi connectivity index (χ4v) is 4.06. The van der Waals surface area contributed by atoms with Crippen molar-refractivity contribution in [3.05, 3.63) is 69.1 Å². The fraction of sp³-hybridized carbons (Fsp3) is 0.0526. The van der Waals surface area contributed by atoms with Crippen LogP contribution < -0.4 is 10.6 Å². The van der Waals surface area contributed by atoms with E-state index in [1.54, 1.807) is 34.8 Å². The van der Waals surface area contributed by atoms with E-state index in [0.717, 1.165) is 11.1 Å². The molecule has 0 fully saturated rings. The van der Waals surface area contributed by atoms with Crippen LogP contribution >= 0.6 is 11.3 Å². The van der Waals surface area contributed by atoms with E-state index in [9.17, 15) is 19.7 Å². The molecule has 1 aliphatic rings. The summed E-state index contributed by atoms with van der Waals surface area (Å²) >= 11 is 1.34. The number of hydrogen-bond acceptors (Lipinski definition) is 7. The van der Waals surface area contributed by atoms with Crippen molar-refractivity contribution in [1.29, 1.82) is 0 Å². The van der Waals surface area contributed by atoms with Crippen molar-refractivity contribution >= 4 is 45.4 Å². The molecule has 30 heavy (non-hydrogen) atoms. The highest BCUT2D eigenvalue weighted by Gasteiger charge is 2.20. The lowest BCUT2D eigenvalue weighted by Crippen LogP contribution is -2.13. The first kappa shape index (κ1) is 17.9. The van der Waals surface area contributed by atoms with Crippen LogP contribution in [-0.4, -0.2) is 31.3 Å². The van der Waals surface area contributed by atoms with Crippen molar-refractivity contribution < 1.29 is 14.5 Å². The molecule has 0 unspecified atom stereocenters. The van der Waals surface area contributed by atoms with Gasteiger partial charge < -0.3 is 5.32 Å². The number of nitro benzene ring substituents is 1. The van der Waals surface area contributed by atoms with Gasteiger partial charge in [0.15, 0.2) is 0 Å². The Bertz CT molecular complexity index is 1340. The molecule has 0 atom stereocenters. The number of nitro groups is 1. The van der Waals surface area contributed by atoms with E-state index in [0.29, 0.717) is 21.9 Å². The molecular formula is C19H12N6O4S. The van der Waals surface area contributed by atoms with E-state index in [1.165, 1.54) is 23.5 Å². The first-order chi connectivity index (χ1) is 14.5. The van der Waals surface area contributed by atoms with Crippen LogP contribution in [0.4, 0.5) is 17.3 Å². The lowest BCUT2D eigenvalue weighted by molar-refractivity contribution is -0.384. The summed E-state index contributed by atoms with van der Waals surface area (Å²) in [5.41, 5.74) is 3.34. The fourth-order valence-electron chi connectivity index (χ4n) is 3.23. The van der Waals surface area contributed by atoms with Crippen LogP contribution in [0.15, 0.2) is 47.8 Å². The van der Waals surface area contributed by atoms with Crippen LogP contribution in [0.1, 0.15) is 15.9 Å². The predicted octanol–water partition coefficient (Wildman–Crippen LogP) is 3.11. The molecular weight excluding hydrogens is 408 g/mol. The van der Waals surface area contributed by atoms with Crippen LogP contribution in [0.3, 0.4) is 0 Å².